The molecule has 4 nitrogen and oxygen atoms in total. The van der Waals surface area contributed by atoms with E-state index in [0.29, 0.717) is 12.1 Å². The van der Waals surface area contributed by atoms with Crippen LogP contribution in [0.3, 0.4) is 0 Å². The van der Waals surface area contributed by atoms with Crippen LogP contribution < -0.4 is 0 Å². The van der Waals surface area contributed by atoms with E-state index in [-0.39, 0.29) is 6.61 Å². The van der Waals surface area contributed by atoms with Crippen molar-refractivity contribution in [3.63, 3.8) is 0 Å². The quantitative estimate of drug-likeness (QED) is 0.209. The molecule has 0 heterocycles. The Kier molecular flexibility index (Phi) is 5.52. The van der Waals surface area contributed by atoms with Gasteiger partial charge in [0, 0.05) is 25.9 Å². The molecule has 0 saturated carbocycles. The Morgan fingerprint density at radius 2 is 1.71 bits per heavy atom. The molecule has 0 unspecified atom stereocenters. The fraction of sp³-hybridized carbons (Fsp3) is 0.286. The molecule has 1 rings (SSSR count). The summed E-state index contributed by atoms with van der Waals surface area (Å²) in [5, 5.41) is 0. The summed E-state index contributed by atoms with van der Waals surface area (Å²) < 4.78 is 43.9. The molecule has 7 heteroatoms. The Hall–Kier alpha value is -2.31. The Morgan fingerprint density at radius 1 is 1.19 bits per heavy atom. The highest BCUT2D eigenvalue weighted by Gasteiger charge is 2.24. The zero-order chi connectivity index (χ0) is 16.2. The molecule has 0 bridgehead atoms. The zero-order valence-corrected chi connectivity index (χ0v) is 11.7. The molecule has 0 amide bonds. The summed E-state index contributed by atoms with van der Waals surface area (Å²) in [6, 6.07) is 1.06. The molecule has 0 N–H and O–H groups in total. The first-order valence-corrected chi connectivity index (χ1v) is 6.02. The molecule has 0 saturated heterocycles. The molecular formula is C14H14F3NO3. The van der Waals surface area contributed by atoms with Crippen molar-refractivity contribution in [1.82, 2.24) is 4.90 Å². The Labute approximate surface area is 119 Å². The van der Waals surface area contributed by atoms with Crippen LogP contribution in [0.25, 0.3) is 0 Å². The number of Topliss-reactive ketones (excluding diaryl/α,β-unsaturated/α-hetero) is 1. The maximum Gasteiger partial charge on any atom is 0.343 e. The number of carbonyl (C=O) groups excluding carboxylic acids is 2. The first-order valence-electron chi connectivity index (χ1n) is 6.02. The number of hydrogen-bond acceptors (Lipinski definition) is 4. The van der Waals surface area contributed by atoms with E-state index in [9.17, 15) is 22.8 Å². The molecule has 114 valence electrons. The average Bonchev–Trinajstić information content (AvgIpc) is 2.40. The van der Waals surface area contributed by atoms with Crippen LogP contribution in [0.1, 0.15) is 17.3 Å². The number of benzene rings is 1. The van der Waals surface area contributed by atoms with Crippen LogP contribution in [0.15, 0.2) is 23.9 Å². The fourth-order valence-corrected chi connectivity index (χ4v) is 1.51. The van der Waals surface area contributed by atoms with Crippen LogP contribution in [0.2, 0.25) is 0 Å². The predicted molar refractivity (Wildman–Crippen MR) is 69.0 cm³/mol. The number of ketones is 1. The van der Waals surface area contributed by atoms with E-state index in [2.05, 4.69) is 0 Å². The van der Waals surface area contributed by atoms with Gasteiger partial charge in [-0.1, -0.05) is 0 Å². The van der Waals surface area contributed by atoms with Crippen molar-refractivity contribution in [3.05, 3.63) is 46.9 Å². The molecule has 1 aromatic rings. The highest BCUT2D eigenvalue weighted by atomic mass is 19.2. The van der Waals surface area contributed by atoms with Gasteiger partial charge in [0.15, 0.2) is 17.5 Å². The fourth-order valence-electron chi connectivity index (χ4n) is 1.51. The third-order valence-electron chi connectivity index (χ3n) is 2.37. The van der Waals surface area contributed by atoms with Crippen molar-refractivity contribution in [1.29, 1.82) is 0 Å². The van der Waals surface area contributed by atoms with Crippen LogP contribution in [-0.2, 0) is 9.53 Å². The first kappa shape index (κ1) is 16.7. The van der Waals surface area contributed by atoms with Crippen LogP contribution in [0.5, 0.6) is 0 Å². The number of ether oxygens (including phenoxy) is 1. The molecule has 0 aliphatic heterocycles. The molecular weight excluding hydrogens is 287 g/mol. The molecule has 0 radical (unpaired) electrons. The van der Waals surface area contributed by atoms with Gasteiger partial charge in [0.05, 0.1) is 6.61 Å². The maximum absolute atomic E-state index is 13.2. The molecule has 0 aromatic heterocycles. The Morgan fingerprint density at radius 3 is 2.14 bits per heavy atom. The molecule has 0 atom stereocenters. The minimum absolute atomic E-state index is 0.0308. The predicted octanol–water partition coefficient (Wildman–Crippen LogP) is 2.30. The molecule has 21 heavy (non-hydrogen) atoms. The average molecular weight is 301 g/mol. The molecule has 0 aliphatic rings. The van der Waals surface area contributed by atoms with Crippen LogP contribution >= 0.6 is 0 Å². The topological polar surface area (TPSA) is 46.6 Å². The van der Waals surface area contributed by atoms with Gasteiger partial charge in [0.25, 0.3) is 0 Å². The Bertz CT molecular complexity index is 574. The minimum Gasteiger partial charge on any atom is -0.462 e. The molecule has 1 aromatic carbocycles. The van der Waals surface area contributed by atoms with Crippen LogP contribution in [0.4, 0.5) is 13.2 Å². The second-order valence-corrected chi connectivity index (χ2v) is 4.31. The number of rotatable bonds is 5. The van der Waals surface area contributed by atoms with E-state index >= 15 is 0 Å². The maximum atomic E-state index is 13.2. The SMILES string of the molecule is CCOC(=O)/C(=C\N(C)C)C(=O)c1cc(F)c(F)c(F)c1. The van der Waals surface area contributed by atoms with E-state index in [1.54, 1.807) is 21.0 Å². The first-order chi connectivity index (χ1) is 9.77. The van der Waals surface area contributed by atoms with E-state index in [1.165, 1.54) is 11.1 Å². The van der Waals surface area contributed by atoms with Crippen molar-refractivity contribution in [3.8, 4) is 0 Å². The van der Waals surface area contributed by atoms with E-state index in [1.807, 2.05) is 0 Å². The smallest absolute Gasteiger partial charge is 0.343 e. The van der Waals surface area contributed by atoms with Crippen molar-refractivity contribution in [2.45, 2.75) is 6.92 Å². The lowest BCUT2D eigenvalue weighted by molar-refractivity contribution is -0.138. The third-order valence-corrected chi connectivity index (χ3v) is 2.37. The van der Waals surface area contributed by atoms with Crippen LogP contribution in [-0.4, -0.2) is 37.4 Å². The summed E-state index contributed by atoms with van der Waals surface area (Å²) in [4.78, 5) is 25.3. The summed E-state index contributed by atoms with van der Waals surface area (Å²) in [5.41, 5.74) is -0.889. The molecule has 0 fully saturated rings. The lowest BCUT2D eigenvalue weighted by Crippen LogP contribution is -2.20. The Balaban J connectivity index is 3.26. The molecule has 0 spiro atoms. The summed E-state index contributed by atoms with van der Waals surface area (Å²) in [7, 11) is 3.11. The summed E-state index contributed by atoms with van der Waals surface area (Å²) in [6.45, 7) is 1.58. The van der Waals surface area contributed by atoms with Crippen molar-refractivity contribution >= 4 is 11.8 Å². The van der Waals surface area contributed by atoms with Crippen molar-refractivity contribution in [2.24, 2.45) is 0 Å². The number of halogens is 3. The second kappa shape index (κ2) is 6.92. The van der Waals surface area contributed by atoms with Gasteiger partial charge in [-0.05, 0) is 19.1 Å². The number of esters is 1. The van der Waals surface area contributed by atoms with Gasteiger partial charge in [0.1, 0.15) is 5.57 Å². The van der Waals surface area contributed by atoms with Gasteiger partial charge in [-0.2, -0.15) is 0 Å². The minimum atomic E-state index is -1.68. The number of carbonyl (C=O) groups is 2. The molecule has 0 aliphatic carbocycles. The lowest BCUT2D eigenvalue weighted by Gasteiger charge is -2.11. The number of hydrogen-bond donors (Lipinski definition) is 0. The summed E-state index contributed by atoms with van der Waals surface area (Å²) in [6.07, 6.45) is 1.17. The largest absolute Gasteiger partial charge is 0.462 e. The summed E-state index contributed by atoms with van der Waals surface area (Å²) >= 11 is 0. The van der Waals surface area contributed by atoms with Crippen molar-refractivity contribution in [2.75, 3.05) is 20.7 Å². The van der Waals surface area contributed by atoms with Crippen LogP contribution in [0, 0.1) is 17.5 Å². The van der Waals surface area contributed by atoms with Gasteiger partial charge >= 0.3 is 5.97 Å². The third kappa shape index (κ3) is 4.08. The van der Waals surface area contributed by atoms with Gasteiger partial charge in [-0.3, -0.25) is 4.79 Å². The standard InChI is InChI=1S/C14H14F3NO3/c1-4-21-14(20)9(7-18(2)3)13(19)8-5-10(15)12(17)11(16)6-8/h5-7H,4H2,1-3H3/b9-7-. The monoisotopic (exact) mass is 301 g/mol. The van der Waals surface area contributed by atoms with Gasteiger partial charge in [-0.25, -0.2) is 18.0 Å². The lowest BCUT2D eigenvalue weighted by atomic mass is 10.0. The zero-order valence-electron chi connectivity index (χ0n) is 11.7. The summed E-state index contributed by atoms with van der Waals surface area (Å²) in [5.74, 6) is -6.58. The van der Waals surface area contributed by atoms with Gasteiger partial charge in [0.2, 0.25) is 5.78 Å². The van der Waals surface area contributed by atoms with Gasteiger partial charge < -0.3 is 9.64 Å². The number of nitrogens with zero attached hydrogens (tertiary/aromatic N) is 1. The van der Waals surface area contributed by atoms with E-state index in [4.69, 9.17) is 4.74 Å². The van der Waals surface area contributed by atoms with E-state index < -0.39 is 40.3 Å². The van der Waals surface area contributed by atoms with Crippen molar-refractivity contribution < 1.29 is 27.5 Å². The highest BCUT2D eigenvalue weighted by molar-refractivity contribution is 6.24. The van der Waals surface area contributed by atoms with Gasteiger partial charge in [-0.15, -0.1) is 0 Å². The second-order valence-electron chi connectivity index (χ2n) is 4.31. The normalized spacial score (nSPS) is 11.2. The van der Waals surface area contributed by atoms with E-state index in [0.717, 1.165) is 0 Å². The highest BCUT2D eigenvalue weighted by Crippen LogP contribution is 2.17.